The molecule has 0 atom stereocenters. The minimum absolute atomic E-state index is 0. The molecule has 0 heterocycles. The molecule has 0 saturated carbocycles. The van der Waals surface area contributed by atoms with Crippen LogP contribution in [0.5, 0.6) is 0 Å². The SMILES string of the molecule is CCCC[SiH](C)C.Cl. The second kappa shape index (κ2) is 7.51. The van der Waals surface area contributed by atoms with Crippen molar-refractivity contribution >= 4 is 21.2 Å². The van der Waals surface area contributed by atoms with E-state index in [1.165, 1.54) is 18.9 Å². The predicted molar refractivity (Wildman–Crippen MR) is 45.8 cm³/mol. The fourth-order valence-electron chi connectivity index (χ4n) is 0.612. The van der Waals surface area contributed by atoms with Gasteiger partial charge in [-0.15, -0.1) is 12.4 Å². The molecule has 8 heavy (non-hydrogen) atoms. The molecule has 0 aliphatic heterocycles. The van der Waals surface area contributed by atoms with Crippen molar-refractivity contribution in [2.75, 3.05) is 0 Å². The van der Waals surface area contributed by atoms with Crippen molar-refractivity contribution < 1.29 is 0 Å². The molecule has 0 saturated heterocycles. The average Bonchev–Trinajstić information content (AvgIpc) is 1.61. The van der Waals surface area contributed by atoms with E-state index in [1.807, 2.05) is 0 Å². The highest BCUT2D eigenvalue weighted by Crippen LogP contribution is 1.98. The van der Waals surface area contributed by atoms with E-state index in [2.05, 4.69) is 20.0 Å². The van der Waals surface area contributed by atoms with Crippen molar-refractivity contribution in [1.82, 2.24) is 0 Å². The van der Waals surface area contributed by atoms with E-state index in [0.717, 1.165) is 0 Å². The molecular weight excluding hydrogens is 136 g/mol. The third-order valence-electron chi connectivity index (χ3n) is 1.14. The zero-order chi connectivity index (χ0) is 5.70. The van der Waals surface area contributed by atoms with Crippen LogP contribution >= 0.6 is 12.4 Å². The van der Waals surface area contributed by atoms with E-state index in [9.17, 15) is 0 Å². The van der Waals surface area contributed by atoms with Gasteiger partial charge in [-0.25, -0.2) is 0 Å². The quantitative estimate of drug-likeness (QED) is 0.546. The fourth-order valence-corrected chi connectivity index (χ4v) is 1.84. The molecule has 0 aromatic carbocycles. The lowest BCUT2D eigenvalue weighted by atomic mass is 10.4. The Labute approximate surface area is 60.7 Å². The first-order valence-corrected chi connectivity index (χ1v) is 6.40. The van der Waals surface area contributed by atoms with Crippen molar-refractivity contribution in [3.63, 3.8) is 0 Å². The Kier molecular flexibility index (Phi) is 10.6. The normalized spacial score (nSPS) is 9.00. The highest BCUT2D eigenvalue weighted by Gasteiger charge is 1.90. The second-order valence-electron chi connectivity index (χ2n) is 2.54. The van der Waals surface area contributed by atoms with Gasteiger partial charge < -0.3 is 0 Å². The van der Waals surface area contributed by atoms with E-state index in [4.69, 9.17) is 0 Å². The van der Waals surface area contributed by atoms with Crippen LogP contribution in [0.15, 0.2) is 0 Å². The third-order valence-corrected chi connectivity index (χ3v) is 2.70. The van der Waals surface area contributed by atoms with Crippen LogP contribution in [-0.2, 0) is 0 Å². The third kappa shape index (κ3) is 9.71. The van der Waals surface area contributed by atoms with Crippen LogP contribution in [0.1, 0.15) is 19.8 Å². The molecule has 0 spiro atoms. The Balaban J connectivity index is 0. The van der Waals surface area contributed by atoms with Crippen LogP contribution in [0.25, 0.3) is 0 Å². The van der Waals surface area contributed by atoms with Crippen molar-refractivity contribution in [3.8, 4) is 0 Å². The van der Waals surface area contributed by atoms with Gasteiger partial charge in [0.1, 0.15) is 0 Å². The van der Waals surface area contributed by atoms with Crippen molar-refractivity contribution in [1.29, 1.82) is 0 Å². The van der Waals surface area contributed by atoms with Crippen molar-refractivity contribution in [2.24, 2.45) is 0 Å². The maximum Gasteiger partial charge on any atom is 0.0305 e. The molecule has 0 N–H and O–H groups in total. The standard InChI is InChI=1S/C6H16Si.ClH/c1-4-5-6-7(2)3;/h7H,4-6H2,1-3H3;1H. The number of hydrogen-bond acceptors (Lipinski definition) is 0. The Morgan fingerprint density at radius 1 is 1.25 bits per heavy atom. The summed E-state index contributed by atoms with van der Waals surface area (Å²) in [5.74, 6) is 0. The van der Waals surface area contributed by atoms with Crippen LogP contribution in [-0.4, -0.2) is 8.80 Å². The van der Waals surface area contributed by atoms with E-state index in [-0.39, 0.29) is 21.2 Å². The lowest BCUT2D eigenvalue weighted by Crippen LogP contribution is -1.96. The first-order chi connectivity index (χ1) is 3.27. The summed E-state index contributed by atoms with van der Waals surface area (Å²) in [6, 6.07) is 1.54. The van der Waals surface area contributed by atoms with E-state index >= 15 is 0 Å². The fraction of sp³-hybridized carbons (Fsp3) is 1.00. The molecule has 0 bridgehead atoms. The van der Waals surface area contributed by atoms with Gasteiger partial charge in [0.2, 0.25) is 0 Å². The van der Waals surface area contributed by atoms with Gasteiger partial charge in [-0.3, -0.25) is 0 Å². The first-order valence-electron chi connectivity index (χ1n) is 3.27. The van der Waals surface area contributed by atoms with Gasteiger partial charge in [0.25, 0.3) is 0 Å². The van der Waals surface area contributed by atoms with E-state index in [0.29, 0.717) is 0 Å². The number of rotatable bonds is 3. The Hall–Kier alpha value is 0.507. The molecule has 0 nitrogen and oxygen atoms in total. The average molecular weight is 153 g/mol. The number of halogens is 1. The zero-order valence-electron chi connectivity index (χ0n) is 6.11. The molecule has 0 aromatic heterocycles. The van der Waals surface area contributed by atoms with Crippen molar-refractivity contribution in [3.05, 3.63) is 0 Å². The largest absolute Gasteiger partial charge is 0.147 e. The molecule has 52 valence electrons. The van der Waals surface area contributed by atoms with Gasteiger partial charge in [0, 0.05) is 8.80 Å². The smallest absolute Gasteiger partial charge is 0.0305 e. The van der Waals surface area contributed by atoms with Gasteiger partial charge in [-0.05, 0) is 0 Å². The van der Waals surface area contributed by atoms with Gasteiger partial charge in [0.15, 0.2) is 0 Å². The molecule has 0 aliphatic carbocycles. The summed E-state index contributed by atoms with van der Waals surface area (Å²) in [6.07, 6.45) is 2.84. The predicted octanol–water partition coefficient (Wildman–Crippen LogP) is 2.70. The molecule has 0 aliphatic rings. The first kappa shape index (κ1) is 11.3. The Bertz CT molecular complexity index is 37.5. The Morgan fingerprint density at radius 3 is 1.88 bits per heavy atom. The van der Waals surface area contributed by atoms with Gasteiger partial charge >= 0.3 is 0 Å². The van der Waals surface area contributed by atoms with Gasteiger partial charge in [0.05, 0.1) is 0 Å². The van der Waals surface area contributed by atoms with Crippen LogP contribution in [0.2, 0.25) is 19.1 Å². The molecule has 0 fully saturated rings. The molecule has 0 aromatic rings. The highest BCUT2D eigenvalue weighted by molar-refractivity contribution is 6.55. The molecule has 0 radical (unpaired) electrons. The maximum atomic E-state index is 2.41. The van der Waals surface area contributed by atoms with Crippen molar-refractivity contribution in [2.45, 2.75) is 38.9 Å². The summed E-state index contributed by atoms with van der Waals surface area (Å²) in [7, 11) is -0.188. The monoisotopic (exact) mass is 152 g/mol. The molecule has 0 unspecified atom stereocenters. The zero-order valence-corrected chi connectivity index (χ0v) is 8.08. The van der Waals surface area contributed by atoms with Crippen LogP contribution in [0.3, 0.4) is 0 Å². The molecular formula is C6H17ClSi. The summed E-state index contributed by atoms with van der Waals surface area (Å²) in [5, 5.41) is 0. The second-order valence-corrected chi connectivity index (χ2v) is 5.90. The highest BCUT2D eigenvalue weighted by atomic mass is 35.5. The summed E-state index contributed by atoms with van der Waals surface area (Å²) >= 11 is 0. The van der Waals surface area contributed by atoms with Crippen LogP contribution in [0.4, 0.5) is 0 Å². The number of hydrogen-bond donors (Lipinski definition) is 0. The number of unbranched alkanes of at least 4 members (excludes halogenated alkanes) is 1. The summed E-state index contributed by atoms with van der Waals surface area (Å²) in [5.41, 5.74) is 0. The molecule has 2 heteroatoms. The van der Waals surface area contributed by atoms with Crippen LogP contribution in [0, 0.1) is 0 Å². The summed E-state index contributed by atoms with van der Waals surface area (Å²) < 4.78 is 0. The van der Waals surface area contributed by atoms with E-state index in [1.54, 1.807) is 0 Å². The van der Waals surface area contributed by atoms with E-state index < -0.39 is 0 Å². The Morgan fingerprint density at radius 2 is 1.75 bits per heavy atom. The summed E-state index contributed by atoms with van der Waals surface area (Å²) in [6.45, 7) is 7.09. The van der Waals surface area contributed by atoms with Crippen LogP contribution < -0.4 is 0 Å². The molecule has 0 amide bonds. The lowest BCUT2D eigenvalue weighted by Gasteiger charge is -1.97. The maximum absolute atomic E-state index is 2.41. The summed E-state index contributed by atoms with van der Waals surface area (Å²) in [4.78, 5) is 0. The lowest BCUT2D eigenvalue weighted by molar-refractivity contribution is 0.875. The minimum Gasteiger partial charge on any atom is -0.147 e. The van der Waals surface area contributed by atoms with Gasteiger partial charge in [-0.2, -0.15) is 0 Å². The van der Waals surface area contributed by atoms with Gasteiger partial charge in [-0.1, -0.05) is 38.9 Å². The minimum atomic E-state index is -0.188. The topological polar surface area (TPSA) is 0 Å². The molecule has 0 rings (SSSR count).